The molecule has 0 aliphatic carbocycles. The number of aryl methyl sites for hydroxylation is 3. The molecule has 0 unspecified atom stereocenters. The van der Waals surface area contributed by atoms with E-state index >= 15 is 0 Å². The van der Waals surface area contributed by atoms with Crippen LogP contribution in [0.5, 0.6) is 0 Å². The van der Waals surface area contributed by atoms with E-state index in [1.54, 1.807) is 4.40 Å². The highest BCUT2D eigenvalue weighted by Gasteiger charge is 2.16. The summed E-state index contributed by atoms with van der Waals surface area (Å²) in [6, 6.07) is 9.58. The van der Waals surface area contributed by atoms with E-state index in [0.29, 0.717) is 25.0 Å². The molecular formula is C23H28N6O2. The summed E-state index contributed by atoms with van der Waals surface area (Å²) in [5.41, 5.74) is 5.37. The normalized spacial score (nSPS) is 12.5. The standard InChI is InChI=1S/C23H28N6O2/c1-14-12-18-8-6-7-9-20(18)29-22(14)26-28(23(29)31)13-15(2)24-21(30)11-10-19-16(3)25-27(5)17(19)4/h6-9,12,15H,10-11,13H2,1-5H3,(H,24,30)/t15-/m0/s1. The maximum Gasteiger partial charge on any atom is 0.350 e. The number of benzene rings is 1. The summed E-state index contributed by atoms with van der Waals surface area (Å²) in [6.45, 7) is 8.12. The number of hydrogen-bond donors (Lipinski definition) is 1. The molecule has 8 nitrogen and oxygen atoms in total. The number of amides is 1. The molecule has 8 heteroatoms. The Kier molecular flexibility index (Phi) is 5.39. The first-order valence-corrected chi connectivity index (χ1v) is 10.5. The molecule has 0 radical (unpaired) electrons. The topological polar surface area (TPSA) is 86.2 Å². The Morgan fingerprint density at radius 1 is 1.16 bits per heavy atom. The number of pyridine rings is 1. The SMILES string of the molecule is Cc1nn(C)c(C)c1CCC(=O)N[C@@H](C)Cn1nc2c(C)cc3ccccc3n2c1=O. The lowest BCUT2D eigenvalue weighted by Gasteiger charge is -2.13. The second-order valence-electron chi connectivity index (χ2n) is 8.25. The van der Waals surface area contributed by atoms with Crippen LogP contribution in [-0.4, -0.2) is 35.9 Å². The van der Waals surface area contributed by atoms with Gasteiger partial charge in [-0.25, -0.2) is 13.9 Å². The van der Waals surface area contributed by atoms with E-state index in [0.717, 1.165) is 33.4 Å². The molecule has 0 saturated heterocycles. The van der Waals surface area contributed by atoms with E-state index in [4.69, 9.17) is 0 Å². The third kappa shape index (κ3) is 3.85. The Balaban J connectivity index is 1.48. The number of fused-ring (bicyclic) bond motifs is 3. The Labute approximate surface area is 180 Å². The van der Waals surface area contributed by atoms with Gasteiger partial charge >= 0.3 is 5.69 Å². The first-order chi connectivity index (χ1) is 14.8. The Morgan fingerprint density at radius 3 is 2.61 bits per heavy atom. The fourth-order valence-electron chi connectivity index (χ4n) is 4.18. The Bertz CT molecular complexity index is 1340. The van der Waals surface area contributed by atoms with Crippen molar-refractivity contribution in [2.45, 2.75) is 53.1 Å². The van der Waals surface area contributed by atoms with Gasteiger partial charge in [-0.05, 0) is 62.8 Å². The maximum absolute atomic E-state index is 13.0. The zero-order valence-electron chi connectivity index (χ0n) is 18.6. The van der Waals surface area contributed by atoms with Crippen molar-refractivity contribution >= 4 is 22.5 Å². The molecule has 1 amide bonds. The minimum atomic E-state index is -0.224. The van der Waals surface area contributed by atoms with Gasteiger partial charge in [0.05, 0.1) is 17.8 Å². The summed E-state index contributed by atoms with van der Waals surface area (Å²) >= 11 is 0. The third-order valence-electron chi connectivity index (χ3n) is 5.86. The second-order valence-corrected chi connectivity index (χ2v) is 8.25. The van der Waals surface area contributed by atoms with Gasteiger partial charge in [0.25, 0.3) is 0 Å². The minimum Gasteiger partial charge on any atom is -0.352 e. The molecule has 0 fully saturated rings. The van der Waals surface area contributed by atoms with Crippen LogP contribution in [0.15, 0.2) is 35.1 Å². The van der Waals surface area contributed by atoms with E-state index in [2.05, 4.69) is 15.5 Å². The van der Waals surface area contributed by atoms with Crippen LogP contribution in [0.4, 0.5) is 0 Å². The molecule has 0 spiro atoms. The van der Waals surface area contributed by atoms with Crippen LogP contribution in [-0.2, 0) is 24.8 Å². The van der Waals surface area contributed by atoms with E-state index < -0.39 is 0 Å². The van der Waals surface area contributed by atoms with Crippen molar-refractivity contribution < 1.29 is 4.79 Å². The van der Waals surface area contributed by atoms with Crippen LogP contribution >= 0.6 is 0 Å². The number of hydrogen-bond acceptors (Lipinski definition) is 4. The molecule has 1 aromatic carbocycles. The molecule has 4 rings (SSSR count). The van der Waals surface area contributed by atoms with Crippen LogP contribution in [0.2, 0.25) is 0 Å². The highest BCUT2D eigenvalue weighted by molar-refractivity contribution is 5.83. The van der Waals surface area contributed by atoms with Crippen LogP contribution < -0.4 is 11.0 Å². The molecule has 1 N–H and O–H groups in total. The molecule has 3 heterocycles. The number of nitrogens with one attached hydrogen (secondary N) is 1. The average Bonchev–Trinajstić information content (AvgIpc) is 3.17. The summed E-state index contributed by atoms with van der Waals surface area (Å²) in [5.74, 6) is -0.0476. The summed E-state index contributed by atoms with van der Waals surface area (Å²) in [5, 5.41) is 12.9. The van der Waals surface area contributed by atoms with Gasteiger partial charge in [0.2, 0.25) is 5.91 Å². The molecule has 3 aromatic heterocycles. The molecule has 162 valence electrons. The lowest BCUT2D eigenvalue weighted by atomic mass is 10.1. The van der Waals surface area contributed by atoms with Crippen molar-refractivity contribution in [3.05, 3.63) is 63.3 Å². The van der Waals surface area contributed by atoms with Gasteiger partial charge in [-0.1, -0.05) is 18.2 Å². The highest BCUT2D eigenvalue weighted by atomic mass is 16.2. The van der Waals surface area contributed by atoms with Crippen molar-refractivity contribution in [1.29, 1.82) is 0 Å². The third-order valence-corrected chi connectivity index (χ3v) is 5.86. The number of aromatic nitrogens is 5. The first kappa shape index (κ1) is 20.8. The monoisotopic (exact) mass is 420 g/mol. The summed E-state index contributed by atoms with van der Waals surface area (Å²) < 4.78 is 4.93. The fraction of sp³-hybridized carbons (Fsp3) is 0.391. The predicted octanol–water partition coefficient (Wildman–Crippen LogP) is 2.45. The lowest BCUT2D eigenvalue weighted by molar-refractivity contribution is -0.121. The fourth-order valence-corrected chi connectivity index (χ4v) is 4.18. The number of carbonyl (C=O) groups is 1. The van der Waals surface area contributed by atoms with Crippen molar-refractivity contribution in [2.75, 3.05) is 0 Å². The molecule has 0 aliphatic rings. The Morgan fingerprint density at radius 2 is 1.90 bits per heavy atom. The zero-order valence-corrected chi connectivity index (χ0v) is 18.6. The average molecular weight is 421 g/mol. The number of rotatable bonds is 6. The number of para-hydroxylation sites is 1. The quantitative estimate of drug-likeness (QED) is 0.519. The van der Waals surface area contributed by atoms with Crippen LogP contribution in [0.1, 0.15) is 35.9 Å². The largest absolute Gasteiger partial charge is 0.352 e. The Hall–Kier alpha value is -3.42. The van der Waals surface area contributed by atoms with Crippen LogP contribution in [0, 0.1) is 20.8 Å². The van der Waals surface area contributed by atoms with E-state index in [1.807, 2.05) is 69.8 Å². The van der Waals surface area contributed by atoms with Gasteiger partial charge in [0.15, 0.2) is 5.65 Å². The van der Waals surface area contributed by atoms with Crippen LogP contribution in [0.3, 0.4) is 0 Å². The zero-order chi connectivity index (χ0) is 22.3. The molecule has 1 atom stereocenters. The van der Waals surface area contributed by atoms with E-state index in [-0.39, 0.29) is 17.6 Å². The highest BCUT2D eigenvalue weighted by Crippen LogP contribution is 2.18. The van der Waals surface area contributed by atoms with Gasteiger partial charge < -0.3 is 5.32 Å². The number of carbonyl (C=O) groups excluding carboxylic acids is 1. The first-order valence-electron chi connectivity index (χ1n) is 10.5. The molecular weight excluding hydrogens is 392 g/mol. The van der Waals surface area contributed by atoms with Crippen molar-refractivity contribution in [1.82, 2.24) is 29.3 Å². The summed E-state index contributed by atoms with van der Waals surface area (Å²) in [4.78, 5) is 25.5. The van der Waals surface area contributed by atoms with Crippen molar-refractivity contribution in [2.24, 2.45) is 7.05 Å². The van der Waals surface area contributed by atoms with Gasteiger partial charge in [0, 0.05) is 25.2 Å². The van der Waals surface area contributed by atoms with Gasteiger partial charge in [0.1, 0.15) is 0 Å². The smallest absolute Gasteiger partial charge is 0.350 e. The molecule has 0 aliphatic heterocycles. The van der Waals surface area contributed by atoms with Gasteiger partial charge in [-0.3, -0.25) is 9.48 Å². The lowest BCUT2D eigenvalue weighted by Crippen LogP contribution is -2.38. The van der Waals surface area contributed by atoms with Gasteiger partial charge in [-0.15, -0.1) is 5.10 Å². The summed E-state index contributed by atoms with van der Waals surface area (Å²) in [7, 11) is 1.91. The van der Waals surface area contributed by atoms with Crippen molar-refractivity contribution in [3.8, 4) is 0 Å². The second kappa shape index (κ2) is 8.02. The summed E-state index contributed by atoms with van der Waals surface area (Å²) in [6.07, 6.45) is 1.02. The minimum absolute atomic E-state index is 0.0476. The predicted molar refractivity (Wildman–Crippen MR) is 120 cm³/mol. The molecule has 31 heavy (non-hydrogen) atoms. The molecule has 0 saturated carbocycles. The molecule has 0 bridgehead atoms. The van der Waals surface area contributed by atoms with Crippen LogP contribution in [0.25, 0.3) is 16.6 Å². The maximum atomic E-state index is 13.0. The van der Waals surface area contributed by atoms with E-state index in [9.17, 15) is 9.59 Å². The number of nitrogens with zero attached hydrogens (tertiary/aromatic N) is 5. The van der Waals surface area contributed by atoms with E-state index in [1.165, 1.54) is 4.68 Å². The van der Waals surface area contributed by atoms with Gasteiger partial charge in [-0.2, -0.15) is 5.10 Å². The molecule has 4 aromatic rings. The van der Waals surface area contributed by atoms with Crippen molar-refractivity contribution in [3.63, 3.8) is 0 Å².